The third-order valence-corrected chi connectivity index (χ3v) is 4.94. The summed E-state index contributed by atoms with van der Waals surface area (Å²) in [4.78, 5) is 18.8. The molecule has 5 nitrogen and oxygen atoms in total. The first-order valence-electron chi connectivity index (χ1n) is 8.25. The van der Waals surface area contributed by atoms with Gasteiger partial charge in [0.1, 0.15) is 11.9 Å². The zero-order chi connectivity index (χ0) is 16.7. The van der Waals surface area contributed by atoms with Gasteiger partial charge in [0.15, 0.2) is 0 Å². The van der Waals surface area contributed by atoms with Crippen LogP contribution in [0.3, 0.4) is 0 Å². The molecule has 1 amide bonds. The summed E-state index contributed by atoms with van der Waals surface area (Å²) < 4.78 is 21.1. The van der Waals surface area contributed by atoms with Crippen LogP contribution in [0.2, 0.25) is 0 Å². The van der Waals surface area contributed by atoms with Crippen LogP contribution in [-0.2, 0) is 16.6 Å². The highest BCUT2D eigenvalue weighted by Crippen LogP contribution is 2.48. The normalized spacial score (nSPS) is 26.4. The van der Waals surface area contributed by atoms with E-state index in [1.54, 1.807) is 12.4 Å². The van der Waals surface area contributed by atoms with E-state index >= 15 is 0 Å². The Labute approximate surface area is 140 Å². The monoisotopic (exact) mass is 329 g/mol. The van der Waals surface area contributed by atoms with E-state index in [-0.39, 0.29) is 29.7 Å². The highest BCUT2D eigenvalue weighted by Gasteiger charge is 2.47. The topological polar surface area (TPSA) is 47.4 Å². The molecule has 1 aromatic carbocycles. The number of benzene rings is 1. The van der Waals surface area contributed by atoms with Crippen molar-refractivity contribution >= 4 is 5.91 Å². The van der Waals surface area contributed by atoms with Crippen LogP contribution in [0.15, 0.2) is 36.8 Å². The lowest BCUT2D eigenvalue weighted by molar-refractivity contribution is -0.140. The van der Waals surface area contributed by atoms with Crippen molar-refractivity contribution in [2.75, 3.05) is 19.7 Å². The Morgan fingerprint density at radius 1 is 1.42 bits per heavy atom. The van der Waals surface area contributed by atoms with Gasteiger partial charge in [0, 0.05) is 37.3 Å². The fourth-order valence-corrected chi connectivity index (χ4v) is 3.51. The van der Waals surface area contributed by atoms with Crippen molar-refractivity contribution in [1.29, 1.82) is 0 Å². The number of ether oxygens (including phenoxy) is 1. The van der Waals surface area contributed by atoms with E-state index in [0.29, 0.717) is 19.7 Å². The maximum Gasteiger partial charge on any atom is 0.226 e. The molecule has 1 aliphatic carbocycles. The van der Waals surface area contributed by atoms with E-state index in [2.05, 4.69) is 4.98 Å². The molecular weight excluding hydrogens is 309 g/mol. The number of aromatic nitrogens is 2. The lowest BCUT2D eigenvalue weighted by atomic mass is 10.1. The minimum Gasteiger partial charge on any atom is -0.370 e. The van der Waals surface area contributed by atoms with Gasteiger partial charge in [0.05, 0.1) is 19.5 Å². The van der Waals surface area contributed by atoms with Gasteiger partial charge in [-0.3, -0.25) is 4.79 Å². The lowest BCUT2D eigenvalue weighted by Gasteiger charge is -2.33. The van der Waals surface area contributed by atoms with Gasteiger partial charge in [-0.2, -0.15) is 0 Å². The Hall–Kier alpha value is -2.21. The lowest BCUT2D eigenvalue weighted by Crippen LogP contribution is -2.43. The fraction of sp³-hybridized carbons (Fsp3) is 0.444. The molecule has 2 heterocycles. The molecule has 1 aromatic heterocycles. The number of amides is 1. The minimum atomic E-state index is -0.280. The predicted molar refractivity (Wildman–Crippen MR) is 85.7 cm³/mol. The minimum absolute atomic E-state index is 0.0339. The van der Waals surface area contributed by atoms with Crippen LogP contribution in [-0.4, -0.2) is 40.1 Å². The van der Waals surface area contributed by atoms with E-state index in [1.165, 1.54) is 12.1 Å². The second-order valence-electron chi connectivity index (χ2n) is 6.58. The summed E-state index contributed by atoms with van der Waals surface area (Å²) in [5.74, 6) is 0.191. The first-order valence-corrected chi connectivity index (χ1v) is 8.25. The highest BCUT2D eigenvalue weighted by atomic mass is 19.1. The number of halogens is 1. The Kier molecular flexibility index (Phi) is 3.84. The average molecular weight is 329 g/mol. The molecule has 2 fully saturated rings. The maximum atomic E-state index is 13.4. The van der Waals surface area contributed by atoms with Gasteiger partial charge in [-0.1, -0.05) is 12.1 Å². The molecule has 24 heavy (non-hydrogen) atoms. The quantitative estimate of drug-likeness (QED) is 0.868. The van der Waals surface area contributed by atoms with Gasteiger partial charge in [-0.05, 0) is 24.1 Å². The number of carbonyl (C=O) groups excluding carboxylic acids is 1. The number of aryl methyl sites for hydroxylation is 1. The third kappa shape index (κ3) is 2.82. The molecule has 2 aromatic rings. The summed E-state index contributed by atoms with van der Waals surface area (Å²) in [7, 11) is 1.96. The van der Waals surface area contributed by atoms with Gasteiger partial charge >= 0.3 is 0 Å². The standard InChI is InChI=1S/C18H20FN3O2/c1-21-11-20-9-16(21)14-8-15(14)18(23)22-5-6-24-17(10-22)12-3-2-4-13(19)7-12/h2-4,7,9,11,14-15,17H,5-6,8,10H2,1H3/t14-,15-,17?/m1/s1. The van der Waals surface area contributed by atoms with Crippen molar-refractivity contribution in [1.82, 2.24) is 14.5 Å². The summed E-state index contributed by atoms with van der Waals surface area (Å²) in [6, 6.07) is 6.41. The number of rotatable bonds is 3. The van der Waals surface area contributed by atoms with Crippen LogP contribution in [0.1, 0.15) is 29.7 Å². The molecule has 1 unspecified atom stereocenters. The number of imidazole rings is 1. The molecular formula is C18H20FN3O2. The van der Waals surface area contributed by atoms with Crippen molar-refractivity contribution in [3.8, 4) is 0 Å². The van der Waals surface area contributed by atoms with E-state index in [1.807, 2.05) is 28.8 Å². The van der Waals surface area contributed by atoms with Crippen LogP contribution < -0.4 is 0 Å². The van der Waals surface area contributed by atoms with Crippen LogP contribution >= 0.6 is 0 Å². The van der Waals surface area contributed by atoms with Crippen LogP contribution in [0.5, 0.6) is 0 Å². The largest absolute Gasteiger partial charge is 0.370 e. The highest BCUT2D eigenvalue weighted by molar-refractivity contribution is 5.83. The summed E-state index contributed by atoms with van der Waals surface area (Å²) in [5.41, 5.74) is 1.90. The second kappa shape index (κ2) is 6.02. The Bertz CT molecular complexity index is 760. The van der Waals surface area contributed by atoms with E-state index in [9.17, 15) is 9.18 Å². The molecule has 1 saturated heterocycles. The first kappa shape index (κ1) is 15.3. The molecule has 3 atom stereocenters. The van der Waals surface area contributed by atoms with E-state index in [4.69, 9.17) is 4.74 Å². The predicted octanol–water partition coefficient (Wildman–Crippen LogP) is 2.26. The number of carbonyl (C=O) groups is 1. The van der Waals surface area contributed by atoms with Crippen molar-refractivity contribution in [2.24, 2.45) is 13.0 Å². The molecule has 0 radical (unpaired) electrons. The third-order valence-electron chi connectivity index (χ3n) is 4.94. The Morgan fingerprint density at radius 2 is 2.29 bits per heavy atom. The van der Waals surface area contributed by atoms with Gasteiger partial charge in [0.2, 0.25) is 5.91 Å². The van der Waals surface area contributed by atoms with Crippen molar-refractivity contribution in [3.05, 3.63) is 53.9 Å². The molecule has 1 aliphatic heterocycles. The molecule has 6 heteroatoms. The maximum absolute atomic E-state index is 13.4. The number of nitrogens with zero attached hydrogens (tertiary/aromatic N) is 3. The van der Waals surface area contributed by atoms with Gasteiger partial charge in [-0.15, -0.1) is 0 Å². The Morgan fingerprint density at radius 3 is 3.04 bits per heavy atom. The van der Waals surface area contributed by atoms with Crippen LogP contribution in [0.25, 0.3) is 0 Å². The molecule has 0 N–H and O–H groups in total. The van der Waals surface area contributed by atoms with Crippen molar-refractivity contribution < 1.29 is 13.9 Å². The first-order chi connectivity index (χ1) is 11.6. The zero-order valence-electron chi connectivity index (χ0n) is 13.6. The number of morpholine rings is 1. The molecule has 4 rings (SSSR count). The number of hydrogen-bond donors (Lipinski definition) is 0. The Balaban J connectivity index is 1.43. The SMILES string of the molecule is Cn1cncc1[C@@H]1C[C@H]1C(=O)N1CCOC(c2cccc(F)c2)C1. The van der Waals surface area contributed by atoms with E-state index < -0.39 is 0 Å². The fourth-order valence-electron chi connectivity index (χ4n) is 3.51. The zero-order valence-corrected chi connectivity index (χ0v) is 13.6. The van der Waals surface area contributed by atoms with Gasteiger partial charge in [0.25, 0.3) is 0 Å². The molecule has 1 saturated carbocycles. The van der Waals surface area contributed by atoms with Crippen molar-refractivity contribution in [3.63, 3.8) is 0 Å². The summed E-state index contributed by atoms with van der Waals surface area (Å²) in [6.45, 7) is 1.56. The summed E-state index contributed by atoms with van der Waals surface area (Å²) >= 11 is 0. The molecule has 126 valence electrons. The summed E-state index contributed by atoms with van der Waals surface area (Å²) in [5, 5.41) is 0. The van der Waals surface area contributed by atoms with Gasteiger partial charge < -0.3 is 14.2 Å². The molecule has 0 spiro atoms. The molecule has 0 bridgehead atoms. The van der Waals surface area contributed by atoms with Crippen LogP contribution in [0, 0.1) is 11.7 Å². The average Bonchev–Trinajstić information content (AvgIpc) is 3.28. The number of hydrogen-bond acceptors (Lipinski definition) is 3. The smallest absolute Gasteiger partial charge is 0.226 e. The van der Waals surface area contributed by atoms with E-state index in [0.717, 1.165) is 17.7 Å². The second-order valence-corrected chi connectivity index (χ2v) is 6.58. The van der Waals surface area contributed by atoms with Crippen LogP contribution in [0.4, 0.5) is 4.39 Å². The molecule has 2 aliphatic rings. The van der Waals surface area contributed by atoms with Gasteiger partial charge in [-0.25, -0.2) is 9.37 Å². The summed E-state index contributed by atoms with van der Waals surface area (Å²) in [6.07, 6.45) is 4.23. The van der Waals surface area contributed by atoms with Crippen molar-refractivity contribution in [2.45, 2.75) is 18.4 Å².